The Labute approximate surface area is 67.4 Å². The van der Waals surface area contributed by atoms with Crippen LogP contribution in [0.15, 0.2) is 24.3 Å². The molecule has 11 heavy (non-hydrogen) atoms. The number of fused-ring (bicyclic) bond motifs is 1. The minimum atomic E-state index is -2.48. The van der Waals surface area contributed by atoms with Crippen LogP contribution in [0.25, 0.3) is 0 Å². The zero-order valence-corrected chi connectivity index (χ0v) is 7.16. The molecule has 0 spiro atoms. The molecule has 1 aromatic rings. The molecule has 0 aromatic heterocycles. The van der Waals surface area contributed by atoms with Crippen molar-refractivity contribution in [2.75, 3.05) is 0 Å². The minimum absolute atomic E-state index is 0.451. The molecule has 1 aromatic carbocycles. The van der Waals surface area contributed by atoms with Crippen molar-refractivity contribution in [1.82, 2.24) is 0 Å². The molecular weight excluding hydrogens is 211 g/mol. The molecule has 0 bridgehead atoms. The van der Waals surface area contributed by atoms with E-state index in [1.54, 1.807) is 24.3 Å². The fourth-order valence-electron chi connectivity index (χ4n) is 0.939. The van der Waals surface area contributed by atoms with E-state index in [9.17, 15) is 8.63 Å². The van der Waals surface area contributed by atoms with Gasteiger partial charge in [-0.15, -0.1) is 0 Å². The molecule has 0 radical (unpaired) electrons. The van der Waals surface area contributed by atoms with Crippen molar-refractivity contribution < 1.29 is 12.4 Å². The molecule has 3 nitrogen and oxygen atoms in total. The first-order valence-electron chi connectivity index (χ1n) is 3.02. The summed E-state index contributed by atoms with van der Waals surface area (Å²) in [5.41, 5.74) is 0.451. The van der Waals surface area contributed by atoms with Crippen LogP contribution in [0, 0.1) is 0 Å². The number of carbonyl (C=O) groups is 1. The van der Waals surface area contributed by atoms with Gasteiger partial charge in [-0.1, -0.05) is 0 Å². The van der Waals surface area contributed by atoms with E-state index in [4.69, 9.17) is 0 Å². The summed E-state index contributed by atoms with van der Waals surface area (Å²) in [6.45, 7) is 0. The van der Waals surface area contributed by atoms with Gasteiger partial charge in [-0.2, -0.15) is 0 Å². The summed E-state index contributed by atoms with van der Waals surface area (Å²) in [7, 11) is 0. The zero-order valence-electron chi connectivity index (χ0n) is 5.44. The van der Waals surface area contributed by atoms with Crippen molar-refractivity contribution >= 4 is 24.6 Å². The van der Waals surface area contributed by atoms with Crippen LogP contribution in [-0.2, 0) is 7.65 Å². The molecule has 1 aliphatic heterocycles. The van der Waals surface area contributed by atoms with Crippen LogP contribution in [0.4, 0.5) is 0 Å². The maximum absolute atomic E-state index is 11.0. The third-order valence-corrected chi connectivity index (χ3v) is 3.57. The number of rotatable bonds is 0. The van der Waals surface area contributed by atoms with Crippen molar-refractivity contribution in [3.05, 3.63) is 29.8 Å². The molecular formula is C7H4O3Se. The van der Waals surface area contributed by atoms with Crippen LogP contribution < -0.4 is 4.46 Å². The van der Waals surface area contributed by atoms with Crippen LogP contribution in [0.1, 0.15) is 10.4 Å². The summed E-state index contributed by atoms with van der Waals surface area (Å²) < 4.78 is 16.2. The second kappa shape index (κ2) is 2.26. The average Bonchev–Trinajstić information content (AvgIpc) is 2.30. The van der Waals surface area contributed by atoms with Gasteiger partial charge in [0.1, 0.15) is 0 Å². The van der Waals surface area contributed by atoms with E-state index in [0.717, 1.165) is 0 Å². The second-order valence-electron chi connectivity index (χ2n) is 2.10. The first-order valence-corrected chi connectivity index (χ1v) is 5.28. The van der Waals surface area contributed by atoms with Crippen LogP contribution in [0.2, 0.25) is 0 Å². The van der Waals surface area contributed by atoms with Gasteiger partial charge in [-0.25, -0.2) is 0 Å². The first-order chi connectivity index (χ1) is 5.29. The van der Waals surface area contributed by atoms with Crippen molar-refractivity contribution in [2.45, 2.75) is 0 Å². The van der Waals surface area contributed by atoms with E-state index in [0.29, 0.717) is 10.0 Å². The molecule has 0 saturated carbocycles. The van der Waals surface area contributed by atoms with Gasteiger partial charge < -0.3 is 0 Å². The van der Waals surface area contributed by atoms with Gasteiger partial charge in [0.05, 0.1) is 0 Å². The Bertz CT molecular complexity index is 312. The van der Waals surface area contributed by atoms with E-state index >= 15 is 0 Å². The van der Waals surface area contributed by atoms with Gasteiger partial charge in [0.15, 0.2) is 0 Å². The molecule has 0 aliphatic carbocycles. The van der Waals surface area contributed by atoms with Crippen LogP contribution in [0.5, 0.6) is 0 Å². The number of carbonyl (C=O) groups excluding carboxylic acids is 1. The Morgan fingerprint density at radius 1 is 1.27 bits per heavy atom. The Kier molecular flexibility index (Phi) is 1.37. The molecule has 0 fully saturated rings. The summed E-state index contributed by atoms with van der Waals surface area (Å²) in [5.74, 6) is -0.458. The topological polar surface area (TPSA) is 43.4 Å². The fraction of sp³-hybridized carbons (Fsp3) is 0. The molecule has 1 heterocycles. The summed E-state index contributed by atoms with van der Waals surface area (Å²) in [6, 6.07) is 6.76. The molecule has 2 rings (SSSR count). The third kappa shape index (κ3) is 0.914. The number of hydrogen-bond acceptors (Lipinski definition) is 3. The van der Waals surface area contributed by atoms with Gasteiger partial charge in [0.25, 0.3) is 0 Å². The summed E-state index contributed by atoms with van der Waals surface area (Å²) >= 11 is -2.48. The number of benzene rings is 1. The molecule has 1 unspecified atom stereocenters. The number of hydrogen-bond donors (Lipinski definition) is 0. The molecule has 0 N–H and O–H groups in total. The molecule has 0 amide bonds. The normalized spacial score (nSPS) is 21.1. The van der Waals surface area contributed by atoms with Gasteiger partial charge in [0, 0.05) is 0 Å². The Morgan fingerprint density at radius 3 is 2.73 bits per heavy atom. The summed E-state index contributed by atoms with van der Waals surface area (Å²) in [4.78, 5) is 10.9. The van der Waals surface area contributed by atoms with Crippen molar-refractivity contribution in [3.8, 4) is 0 Å². The van der Waals surface area contributed by atoms with E-state index in [1.165, 1.54) is 0 Å². The van der Waals surface area contributed by atoms with Crippen molar-refractivity contribution in [3.63, 3.8) is 0 Å². The average molecular weight is 215 g/mol. The van der Waals surface area contributed by atoms with Crippen LogP contribution in [-0.4, -0.2) is 20.1 Å². The third-order valence-electron chi connectivity index (χ3n) is 1.44. The summed E-state index contributed by atoms with van der Waals surface area (Å²) in [5, 5.41) is 0. The van der Waals surface area contributed by atoms with E-state index in [1.807, 2.05) is 0 Å². The molecule has 4 heteroatoms. The van der Waals surface area contributed by atoms with E-state index < -0.39 is 20.1 Å². The maximum atomic E-state index is 11.0. The summed E-state index contributed by atoms with van der Waals surface area (Å²) in [6.07, 6.45) is 0. The second-order valence-corrected chi connectivity index (χ2v) is 4.36. The standard InChI is InChI=1S/C7H4O3Se/c8-7-5-3-1-2-4-6(5)11(9)10-7/h1-4H. The SMILES string of the molecule is O=C1O[Se](=O)c2ccccc21. The predicted molar refractivity (Wildman–Crippen MR) is 37.9 cm³/mol. The predicted octanol–water partition coefficient (Wildman–Crippen LogP) is -0.0173. The quantitative estimate of drug-likeness (QED) is 0.571. The van der Waals surface area contributed by atoms with Gasteiger partial charge >= 0.3 is 66.9 Å². The van der Waals surface area contributed by atoms with Crippen molar-refractivity contribution in [2.24, 2.45) is 0 Å². The van der Waals surface area contributed by atoms with E-state index in [2.05, 4.69) is 3.82 Å². The fourth-order valence-corrected chi connectivity index (χ4v) is 2.70. The van der Waals surface area contributed by atoms with E-state index in [-0.39, 0.29) is 0 Å². The zero-order chi connectivity index (χ0) is 7.84. The molecule has 0 saturated heterocycles. The van der Waals surface area contributed by atoms with Crippen molar-refractivity contribution in [1.29, 1.82) is 0 Å². The van der Waals surface area contributed by atoms with Gasteiger partial charge in [-0.05, 0) is 0 Å². The molecule has 1 aliphatic rings. The van der Waals surface area contributed by atoms with Gasteiger partial charge in [-0.3, -0.25) is 0 Å². The van der Waals surface area contributed by atoms with Crippen LogP contribution >= 0.6 is 0 Å². The Morgan fingerprint density at radius 2 is 2.00 bits per heavy atom. The van der Waals surface area contributed by atoms with Gasteiger partial charge in [0.2, 0.25) is 0 Å². The molecule has 56 valence electrons. The Hall–Kier alpha value is -0.991. The molecule has 1 atom stereocenters. The first kappa shape index (κ1) is 6.70. The monoisotopic (exact) mass is 216 g/mol. The Balaban J connectivity index is 2.69. The van der Waals surface area contributed by atoms with Crippen LogP contribution in [0.3, 0.4) is 0 Å².